The van der Waals surface area contributed by atoms with Crippen molar-refractivity contribution in [2.45, 2.75) is 12.5 Å². The Morgan fingerprint density at radius 2 is 2.41 bits per heavy atom. The first-order chi connectivity index (χ1) is 8.28. The van der Waals surface area contributed by atoms with E-state index in [4.69, 9.17) is 4.74 Å². The number of likely N-dealkylation sites (tertiary alicyclic amines) is 1. The van der Waals surface area contributed by atoms with E-state index in [0.29, 0.717) is 6.04 Å². The minimum absolute atomic E-state index is 0.654. The van der Waals surface area contributed by atoms with Gasteiger partial charge in [0.05, 0.1) is 0 Å². The average molecular weight is 299 g/mol. The van der Waals surface area contributed by atoms with Crippen LogP contribution in [0, 0.1) is 0 Å². The van der Waals surface area contributed by atoms with E-state index >= 15 is 0 Å². The summed E-state index contributed by atoms with van der Waals surface area (Å²) in [5, 5.41) is 3.32. The molecule has 0 saturated carbocycles. The van der Waals surface area contributed by atoms with Gasteiger partial charge in [-0.1, -0.05) is 22.0 Å². The lowest BCUT2D eigenvalue weighted by atomic mass is 10.3. The van der Waals surface area contributed by atoms with Gasteiger partial charge in [0, 0.05) is 23.6 Å². The van der Waals surface area contributed by atoms with Gasteiger partial charge in [-0.25, -0.2) is 0 Å². The van der Waals surface area contributed by atoms with Crippen LogP contribution in [0.3, 0.4) is 0 Å². The normalized spacial score (nSPS) is 20.7. The van der Waals surface area contributed by atoms with Gasteiger partial charge in [0.15, 0.2) is 0 Å². The van der Waals surface area contributed by atoms with Crippen LogP contribution in [0.15, 0.2) is 28.7 Å². The smallest absolute Gasteiger partial charge is 0.120 e. The second-order valence-electron chi connectivity index (χ2n) is 4.38. The van der Waals surface area contributed by atoms with Gasteiger partial charge in [0.1, 0.15) is 12.4 Å². The molecule has 3 nitrogen and oxygen atoms in total. The summed E-state index contributed by atoms with van der Waals surface area (Å²) in [6.07, 6.45) is 1.24. The van der Waals surface area contributed by atoms with Gasteiger partial charge in [-0.15, -0.1) is 0 Å². The van der Waals surface area contributed by atoms with Crippen LogP contribution in [0.2, 0.25) is 0 Å². The predicted octanol–water partition coefficient (Wildman–Crippen LogP) is 2.12. The average Bonchev–Trinajstić information content (AvgIpc) is 2.77. The van der Waals surface area contributed by atoms with Gasteiger partial charge < -0.3 is 10.1 Å². The molecule has 0 bridgehead atoms. The minimum atomic E-state index is 0.654. The Hall–Kier alpha value is -0.580. The Labute approximate surface area is 111 Å². The molecule has 1 saturated heterocycles. The van der Waals surface area contributed by atoms with Crippen LogP contribution in [-0.4, -0.2) is 44.2 Å². The van der Waals surface area contributed by atoms with Crippen molar-refractivity contribution in [3.8, 4) is 5.75 Å². The molecule has 94 valence electrons. The zero-order valence-corrected chi connectivity index (χ0v) is 11.7. The van der Waals surface area contributed by atoms with Crippen molar-refractivity contribution in [3.05, 3.63) is 28.7 Å². The molecule has 1 aliphatic rings. The molecule has 0 radical (unpaired) electrons. The van der Waals surface area contributed by atoms with Crippen LogP contribution in [0.4, 0.5) is 0 Å². The second kappa shape index (κ2) is 6.38. The third-order valence-electron chi connectivity index (χ3n) is 3.15. The first-order valence-corrected chi connectivity index (χ1v) is 6.85. The van der Waals surface area contributed by atoms with E-state index in [2.05, 4.69) is 26.1 Å². The van der Waals surface area contributed by atoms with Gasteiger partial charge >= 0.3 is 0 Å². The predicted molar refractivity (Wildman–Crippen MR) is 73.5 cm³/mol. The van der Waals surface area contributed by atoms with Gasteiger partial charge in [-0.3, -0.25) is 4.90 Å². The van der Waals surface area contributed by atoms with Gasteiger partial charge in [0.2, 0.25) is 0 Å². The molecule has 4 heteroatoms. The Bertz CT molecular complexity index is 359. The van der Waals surface area contributed by atoms with Crippen LogP contribution in [0.5, 0.6) is 5.75 Å². The standard InChI is InChI=1S/C13H19BrN2O/c1-15-12-5-6-16(10-12)7-8-17-13-4-2-3-11(14)9-13/h2-4,9,12,15H,5-8,10H2,1H3. The maximum atomic E-state index is 5.73. The molecule has 1 unspecified atom stereocenters. The van der Waals surface area contributed by atoms with Crippen molar-refractivity contribution in [3.63, 3.8) is 0 Å². The summed E-state index contributed by atoms with van der Waals surface area (Å²) < 4.78 is 6.79. The van der Waals surface area contributed by atoms with Crippen molar-refractivity contribution in [1.29, 1.82) is 0 Å². The Morgan fingerprint density at radius 3 is 3.12 bits per heavy atom. The molecular formula is C13H19BrN2O. The number of benzene rings is 1. The summed E-state index contributed by atoms with van der Waals surface area (Å²) in [6, 6.07) is 8.64. The lowest BCUT2D eigenvalue weighted by Gasteiger charge is -2.16. The molecule has 17 heavy (non-hydrogen) atoms. The molecule has 1 fully saturated rings. The van der Waals surface area contributed by atoms with Crippen LogP contribution >= 0.6 is 15.9 Å². The highest BCUT2D eigenvalue weighted by Crippen LogP contribution is 2.17. The van der Waals surface area contributed by atoms with Crippen molar-refractivity contribution in [2.75, 3.05) is 33.3 Å². The first-order valence-electron chi connectivity index (χ1n) is 6.06. The highest BCUT2D eigenvalue weighted by atomic mass is 79.9. The molecule has 0 spiro atoms. The van der Waals surface area contributed by atoms with Crippen molar-refractivity contribution in [2.24, 2.45) is 0 Å². The number of halogens is 1. The first kappa shape index (κ1) is 12.9. The zero-order chi connectivity index (χ0) is 12.1. The van der Waals surface area contributed by atoms with Crippen molar-refractivity contribution in [1.82, 2.24) is 10.2 Å². The lowest BCUT2D eigenvalue weighted by Crippen LogP contribution is -2.31. The Morgan fingerprint density at radius 1 is 1.53 bits per heavy atom. The molecule has 0 aromatic heterocycles. The van der Waals surface area contributed by atoms with Crippen molar-refractivity contribution >= 4 is 15.9 Å². The molecule has 1 atom stereocenters. The van der Waals surface area contributed by atoms with E-state index in [9.17, 15) is 0 Å². The molecule has 0 amide bonds. The third-order valence-corrected chi connectivity index (χ3v) is 3.65. The third kappa shape index (κ3) is 3.98. The van der Waals surface area contributed by atoms with Crippen molar-refractivity contribution < 1.29 is 4.74 Å². The number of rotatable bonds is 5. The number of ether oxygens (including phenoxy) is 1. The maximum Gasteiger partial charge on any atom is 0.120 e. The molecular weight excluding hydrogens is 280 g/mol. The monoisotopic (exact) mass is 298 g/mol. The van der Waals surface area contributed by atoms with E-state index < -0.39 is 0 Å². The van der Waals surface area contributed by atoms with Crippen LogP contribution in [-0.2, 0) is 0 Å². The Kier molecular flexibility index (Phi) is 4.83. The second-order valence-corrected chi connectivity index (χ2v) is 5.30. The van der Waals surface area contributed by atoms with Gasteiger partial charge in [-0.05, 0) is 38.2 Å². The number of nitrogens with one attached hydrogen (secondary N) is 1. The van der Waals surface area contributed by atoms with E-state index in [-0.39, 0.29) is 0 Å². The van der Waals surface area contributed by atoms with Crippen LogP contribution < -0.4 is 10.1 Å². The van der Waals surface area contributed by atoms with Crippen LogP contribution in [0.25, 0.3) is 0 Å². The summed E-state index contributed by atoms with van der Waals surface area (Å²) in [5.74, 6) is 0.934. The molecule has 1 heterocycles. The number of hydrogen-bond acceptors (Lipinski definition) is 3. The molecule has 2 rings (SSSR count). The summed E-state index contributed by atoms with van der Waals surface area (Å²) in [7, 11) is 2.03. The number of nitrogens with zero attached hydrogens (tertiary/aromatic N) is 1. The largest absolute Gasteiger partial charge is 0.492 e. The van der Waals surface area contributed by atoms with E-state index in [1.165, 1.54) is 13.0 Å². The SMILES string of the molecule is CNC1CCN(CCOc2cccc(Br)c2)C1. The fraction of sp³-hybridized carbons (Fsp3) is 0.538. The topological polar surface area (TPSA) is 24.5 Å². The minimum Gasteiger partial charge on any atom is -0.492 e. The molecule has 1 aromatic rings. The molecule has 1 N–H and O–H groups in total. The zero-order valence-electron chi connectivity index (χ0n) is 10.2. The highest BCUT2D eigenvalue weighted by Gasteiger charge is 2.20. The molecule has 1 aliphatic heterocycles. The van der Waals surface area contributed by atoms with Gasteiger partial charge in [0.25, 0.3) is 0 Å². The fourth-order valence-electron chi connectivity index (χ4n) is 2.12. The summed E-state index contributed by atoms with van der Waals surface area (Å²) in [5.41, 5.74) is 0. The van der Waals surface area contributed by atoms with Gasteiger partial charge in [-0.2, -0.15) is 0 Å². The fourth-order valence-corrected chi connectivity index (χ4v) is 2.50. The van der Waals surface area contributed by atoms with E-state index in [1.54, 1.807) is 0 Å². The van der Waals surface area contributed by atoms with Crippen LogP contribution in [0.1, 0.15) is 6.42 Å². The van der Waals surface area contributed by atoms with E-state index in [1.807, 2.05) is 31.3 Å². The number of likely N-dealkylation sites (N-methyl/N-ethyl adjacent to an activating group) is 1. The Balaban J connectivity index is 1.70. The maximum absolute atomic E-state index is 5.73. The molecule has 1 aromatic carbocycles. The highest BCUT2D eigenvalue weighted by molar-refractivity contribution is 9.10. The summed E-state index contributed by atoms with van der Waals surface area (Å²) >= 11 is 3.44. The van der Waals surface area contributed by atoms with E-state index in [0.717, 1.165) is 29.9 Å². The molecule has 0 aliphatic carbocycles. The lowest BCUT2D eigenvalue weighted by molar-refractivity contribution is 0.235. The summed E-state index contributed by atoms with van der Waals surface area (Å²) in [6.45, 7) is 4.07. The quantitative estimate of drug-likeness (QED) is 0.901. The summed E-state index contributed by atoms with van der Waals surface area (Å²) in [4.78, 5) is 2.44. The number of hydrogen-bond donors (Lipinski definition) is 1.